The summed E-state index contributed by atoms with van der Waals surface area (Å²) in [7, 11) is 0. The lowest BCUT2D eigenvalue weighted by Gasteiger charge is -2.27. The topological polar surface area (TPSA) is 38.9 Å². The number of hydrogen-bond acceptors (Lipinski definition) is 3. The molecule has 1 aromatic heterocycles. The smallest absolute Gasteiger partial charge is 0.232 e. The van der Waals surface area contributed by atoms with Crippen LogP contribution in [-0.2, 0) is 10.8 Å². The average Bonchev–Trinajstić information content (AvgIpc) is 3.23. The van der Waals surface area contributed by atoms with E-state index in [2.05, 4.69) is 46.7 Å². The zero-order valence-electron chi connectivity index (χ0n) is 20.6. The fourth-order valence-corrected chi connectivity index (χ4v) is 4.42. The van der Waals surface area contributed by atoms with Crippen LogP contribution in [0.4, 0.5) is 0 Å². The summed E-state index contributed by atoms with van der Waals surface area (Å²) < 4.78 is 5.98. The van der Waals surface area contributed by atoms with Gasteiger partial charge in [0.25, 0.3) is 0 Å². The maximum atomic E-state index is 5.98. The molecule has 2 unspecified atom stereocenters. The van der Waals surface area contributed by atoms with Crippen molar-refractivity contribution in [1.29, 1.82) is 0 Å². The minimum Gasteiger partial charge on any atom is -0.339 e. The van der Waals surface area contributed by atoms with Crippen LogP contribution in [0.15, 0.2) is 4.52 Å². The molecule has 1 aromatic rings. The van der Waals surface area contributed by atoms with Crippen LogP contribution in [-0.4, -0.2) is 10.1 Å². The fraction of sp³-hybridized carbons (Fsp3) is 0.923. The summed E-state index contributed by atoms with van der Waals surface area (Å²) in [6.45, 7) is 13.8. The molecule has 3 heteroatoms. The minimum absolute atomic E-state index is 0.0306. The second kappa shape index (κ2) is 14.2. The number of rotatable bonds is 18. The van der Waals surface area contributed by atoms with Crippen molar-refractivity contribution in [2.45, 2.75) is 155 Å². The lowest BCUT2D eigenvalue weighted by Crippen LogP contribution is -2.26. The van der Waals surface area contributed by atoms with E-state index in [1.54, 1.807) is 0 Å². The van der Waals surface area contributed by atoms with Gasteiger partial charge in [0.05, 0.1) is 0 Å². The van der Waals surface area contributed by atoms with Crippen LogP contribution in [0.2, 0.25) is 0 Å². The Morgan fingerprint density at radius 3 is 1.55 bits per heavy atom. The number of nitrogens with zero attached hydrogens (tertiary/aromatic N) is 2. The van der Waals surface area contributed by atoms with Gasteiger partial charge >= 0.3 is 0 Å². The van der Waals surface area contributed by atoms with Crippen molar-refractivity contribution in [3.8, 4) is 0 Å². The molecule has 0 aliphatic carbocycles. The summed E-state index contributed by atoms with van der Waals surface area (Å²) in [5.41, 5.74) is 0.0856. The fourth-order valence-electron chi connectivity index (χ4n) is 4.42. The van der Waals surface area contributed by atoms with Crippen LogP contribution in [0.5, 0.6) is 0 Å². The van der Waals surface area contributed by atoms with Gasteiger partial charge in [0.1, 0.15) is 0 Å². The maximum Gasteiger partial charge on any atom is 0.232 e. The van der Waals surface area contributed by atoms with Gasteiger partial charge in [0.15, 0.2) is 5.82 Å². The van der Waals surface area contributed by atoms with Gasteiger partial charge in [-0.05, 0) is 25.7 Å². The number of aromatic nitrogens is 2. The summed E-state index contributed by atoms with van der Waals surface area (Å²) in [5, 5.41) is 4.57. The number of hydrogen-bond donors (Lipinski definition) is 0. The quantitative estimate of drug-likeness (QED) is 0.228. The molecule has 0 fully saturated rings. The van der Waals surface area contributed by atoms with Crippen molar-refractivity contribution in [1.82, 2.24) is 10.1 Å². The Labute approximate surface area is 181 Å². The molecule has 1 heterocycles. The summed E-state index contributed by atoms with van der Waals surface area (Å²) >= 11 is 0. The Hall–Kier alpha value is -0.860. The van der Waals surface area contributed by atoms with Gasteiger partial charge in [-0.3, -0.25) is 0 Å². The van der Waals surface area contributed by atoms with E-state index in [1.165, 1.54) is 83.5 Å². The normalized spacial score (nSPS) is 15.9. The van der Waals surface area contributed by atoms with E-state index in [9.17, 15) is 0 Å². The van der Waals surface area contributed by atoms with E-state index >= 15 is 0 Å². The summed E-state index contributed by atoms with van der Waals surface area (Å²) in [6, 6.07) is 0. The Balaban J connectivity index is 2.96. The summed E-state index contributed by atoms with van der Waals surface area (Å²) in [5.74, 6) is 1.86. The molecule has 0 aliphatic rings. The third-order valence-electron chi connectivity index (χ3n) is 6.81. The van der Waals surface area contributed by atoms with Crippen LogP contribution in [0, 0.1) is 0 Å². The van der Waals surface area contributed by atoms with Gasteiger partial charge in [-0.15, -0.1) is 0 Å². The van der Waals surface area contributed by atoms with Crippen LogP contribution >= 0.6 is 0 Å². The van der Waals surface area contributed by atoms with Crippen LogP contribution in [0.3, 0.4) is 0 Å². The monoisotopic (exact) mass is 406 g/mol. The van der Waals surface area contributed by atoms with Gasteiger partial charge in [0.2, 0.25) is 5.89 Å². The largest absolute Gasteiger partial charge is 0.339 e. The molecule has 170 valence electrons. The zero-order valence-corrected chi connectivity index (χ0v) is 20.6. The van der Waals surface area contributed by atoms with Crippen molar-refractivity contribution < 1.29 is 4.52 Å². The molecule has 0 aliphatic heterocycles. The highest BCUT2D eigenvalue weighted by atomic mass is 16.5. The van der Waals surface area contributed by atoms with E-state index in [4.69, 9.17) is 9.51 Å². The second-order valence-electron chi connectivity index (χ2n) is 9.87. The van der Waals surface area contributed by atoms with Gasteiger partial charge in [-0.2, -0.15) is 4.98 Å². The van der Waals surface area contributed by atoms with Gasteiger partial charge < -0.3 is 4.52 Å². The first-order chi connectivity index (χ1) is 14.0. The molecule has 2 atom stereocenters. The Bertz CT molecular complexity index is 482. The first-order valence-electron chi connectivity index (χ1n) is 12.8. The van der Waals surface area contributed by atoms with Crippen LogP contribution < -0.4 is 0 Å². The Morgan fingerprint density at radius 1 is 0.586 bits per heavy atom. The van der Waals surface area contributed by atoms with E-state index in [1.807, 2.05) is 0 Å². The highest BCUT2D eigenvalue weighted by Crippen LogP contribution is 2.38. The van der Waals surface area contributed by atoms with Crippen molar-refractivity contribution in [2.75, 3.05) is 0 Å². The highest BCUT2D eigenvalue weighted by molar-refractivity contribution is 5.10. The predicted octanol–water partition coefficient (Wildman–Crippen LogP) is 8.91. The molecular formula is C26H50N2O. The molecular weight excluding hydrogens is 356 g/mol. The van der Waals surface area contributed by atoms with E-state index in [-0.39, 0.29) is 10.8 Å². The predicted molar refractivity (Wildman–Crippen MR) is 126 cm³/mol. The third kappa shape index (κ3) is 8.80. The van der Waals surface area contributed by atoms with E-state index < -0.39 is 0 Å². The third-order valence-corrected chi connectivity index (χ3v) is 6.81. The van der Waals surface area contributed by atoms with Crippen LogP contribution in [0.1, 0.15) is 156 Å². The first kappa shape index (κ1) is 26.2. The number of unbranched alkanes of at least 4 members (excludes halogenated alkanes) is 8. The van der Waals surface area contributed by atoms with Crippen molar-refractivity contribution in [2.24, 2.45) is 0 Å². The molecule has 3 nitrogen and oxygen atoms in total. The molecule has 0 saturated carbocycles. The average molecular weight is 407 g/mol. The molecule has 0 radical (unpaired) electrons. The molecule has 0 aromatic carbocycles. The standard InChI is InChI=1S/C26H50N2O/c1-7-11-15-17-21-25(5,19-13-9-3)23-27-24(29-28-23)26(6,20-14-10-4)22-18-16-12-8-2/h7-22H2,1-6H3. The van der Waals surface area contributed by atoms with E-state index in [0.717, 1.165) is 31.0 Å². The Kier molecular flexibility index (Phi) is 12.8. The molecule has 29 heavy (non-hydrogen) atoms. The highest BCUT2D eigenvalue weighted by Gasteiger charge is 2.36. The SMILES string of the molecule is CCCCCCC(C)(CCCC)c1noc(C(C)(CCCC)CCCCCC)n1. The lowest BCUT2D eigenvalue weighted by molar-refractivity contribution is 0.252. The lowest BCUT2D eigenvalue weighted by atomic mass is 9.78. The summed E-state index contributed by atoms with van der Waals surface area (Å²) in [4.78, 5) is 5.08. The van der Waals surface area contributed by atoms with Crippen LogP contribution in [0.25, 0.3) is 0 Å². The molecule has 0 amide bonds. The van der Waals surface area contributed by atoms with Crippen molar-refractivity contribution in [3.63, 3.8) is 0 Å². The second-order valence-corrected chi connectivity index (χ2v) is 9.87. The van der Waals surface area contributed by atoms with Gasteiger partial charge in [0, 0.05) is 10.8 Å². The molecule has 1 rings (SSSR count). The van der Waals surface area contributed by atoms with Crippen molar-refractivity contribution >= 4 is 0 Å². The minimum atomic E-state index is 0.0306. The first-order valence-corrected chi connectivity index (χ1v) is 12.8. The molecule has 0 saturated heterocycles. The van der Waals surface area contributed by atoms with Crippen molar-refractivity contribution in [3.05, 3.63) is 11.7 Å². The zero-order chi connectivity index (χ0) is 21.6. The van der Waals surface area contributed by atoms with Gasteiger partial charge in [-0.25, -0.2) is 0 Å². The summed E-state index contributed by atoms with van der Waals surface area (Å²) in [6.07, 6.45) is 19.9. The molecule has 0 bridgehead atoms. The Morgan fingerprint density at radius 2 is 1.03 bits per heavy atom. The molecule has 0 N–H and O–H groups in total. The molecule has 0 spiro atoms. The van der Waals surface area contributed by atoms with E-state index in [0.29, 0.717) is 0 Å². The van der Waals surface area contributed by atoms with Gasteiger partial charge in [-0.1, -0.05) is 124 Å². The maximum absolute atomic E-state index is 5.98.